The summed E-state index contributed by atoms with van der Waals surface area (Å²) in [6.07, 6.45) is 2.81. The van der Waals surface area contributed by atoms with Crippen LogP contribution in [0.25, 0.3) is 10.9 Å². The second kappa shape index (κ2) is 7.37. The van der Waals surface area contributed by atoms with Gasteiger partial charge < -0.3 is 10.7 Å². The van der Waals surface area contributed by atoms with E-state index in [1.54, 1.807) is 23.6 Å². The van der Waals surface area contributed by atoms with Crippen molar-refractivity contribution in [1.29, 1.82) is 0 Å². The number of amides is 1. The molecule has 0 atom stereocenters. The normalized spacial score (nSPS) is 10.8. The van der Waals surface area contributed by atoms with Crippen LogP contribution >= 0.6 is 11.3 Å². The van der Waals surface area contributed by atoms with Gasteiger partial charge in [0.2, 0.25) is 0 Å². The van der Waals surface area contributed by atoms with Crippen molar-refractivity contribution < 1.29 is 14.4 Å². The van der Waals surface area contributed by atoms with Crippen molar-refractivity contribution in [3.63, 3.8) is 0 Å². The highest BCUT2D eigenvalue weighted by atomic mass is 32.1. The summed E-state index contributed by atoms with van der Waals surface area (Å²) in [6, 6.07) is 5.18. The van der Waals surface area contributed by atoms with E-state index in [0.717, 1.165) is 29.2 Å². The Hall–Kier alpha value is -2.84. The Morgan fingerprint density at radius 3 is 2.84 bits per heavy atom. The minimum absolute atomic E-state index is 0.279. The third kappa shape index (κ3) is 3.49. The molecule has 4 N–H and O–H groups in total. The Labute approximate surface area is 147 Å². The van der Waals surface area contributed by atoms with Gasteiger partial charge >= 0.3 is 0 Å². The van der Waals surface area contributed by atoms with E-state index in [1.165, 1.54) is 11.3 Å². The van der Waals surface area contributed by atoms with E-state index in [4.69, 9.17) is 5.73 Å². The van der Waals surface area contributed by atoms with Gasteiger partial charge in [-0.3, -0.25) is 19.7 Å². The van der Waals surface area contributed by atoms with Crippen LogP contribution in [0.5, 0.6) is 0 Å². The smallest absolute Gasteiger partial charge is 0.257 e. The number of aryl methyl sites for hydroxylation is 1. The minimum Gasteiger partial charge on any atom is -0.352 e. The highest BCUT2D eigenvalue weighted by Gasteiger charge is 2.14. The number of nitrogens with one attached hydrogen (secondary N) is 2. The highest BCUT2D eigenvalue weighted by molar-refractivity contribution is 7.14. The Morgan fingerprint density at radius 2 is 2.16 bits per heavy atom. The molecule has 2 aromatic heterocycles. The van der Waals surface area contributed by atoms with E-state index >= 15 is 0 Å². The fourth-order valence-corrected chi connectivity index (χ4v) is 3.28. The van der Waals surface area contributed by atoms with Gasteiger partial charge in [-0.05, 0) is 43.1 Å². The molecule has 0 fully saturated rings. The van der Waals surface area contributed by atoms with Crippen LogP contribution in [0.4, 0.5) is 5.13 Å². The van der Waals surface area contributed by atoms with Gasteiger partial charge in [-0.2, -0.15) is 0 Å². The van der Waals surface area contributed by atoms with Crippen LogP contribution in [-0.2, 0) is 6.42 Å². The average molecular weight is 356 g/mol. The maximum atomic E-state index is 12.4. The molecule has 0 aliphatic rings. The third-order valence-corrected chi connectivity index (χ3v) is 4.59. The molecule has 7 nitrogen and oxygen atoms in total. The Balaban J connectivity index is 1.92. The van der Waals surface area contributed by atoms with E-state index in [0.29, 0.717) is 35.6 Å². The first-order valence-corrected chi connectivity index (χ1v) is 8.56. The first-order valence-electron chi connectivity index (χ1n) is 7.68. The summed E-state index contributed by atoms with van der Waals surface area (Å²) >= 11 is 1.18. The molecule has 1 aromatic carbocycles. The summed E-state index contributed by atoms with van der Waals surface area (Å²) in [5, 5.41) is 5.43. The molecule has 3 aromatic rings. The minimum atomic E-state index is -0.327. The van der Waals surface area contributed by atoms with Gasteiger partial charge in [-0.25, -0.2) is 4.98 Å². The van der Waals surface area contributed by atoms with Crippen molar-refractivity contribution in [2.24, 2.45) is 5.73 Å². The van der Waals surface area contributed by atoms with Gasteiger partial charge in [0.15, 0.2) is 17.7 Å². The Morgan fingerprint density at radius 1 is 1.32 bits per heavy atom. The number of rotatable bonds is 7. The quantitative estimate of drug-likeness (QED) is 0.562. The summed E-state index contributed by atoms with van der Waals surface area (Å²) in [5.74, 6) is -0.327. The van der Waals surface area contributed by atoms with Gasteiger partial charge in [-0.15, -0.1) is 11.3 Å². The van der Waals surface area contributed by atoms with Crippen LogP contribution in [0.3, 0.4) is 0 Å². The first kappa shape index (κ1) is 17.0. The van der Waals surface area contributed by atoms with E-state index in [-0.39, 0.29) is 11.6 Å². The summed E-state index contributed by atoms with van der Waals surface area (Å²) in [4.78, 5) is 41.4. The molecular formula is C17H16N4O3S. The first-order chi connectivity index (χ1) is 12.2. The van der Waals surface area contributed by atoms with Crippen molar-refractivity contribution in [1.82, 2.24) is 9.97 Å². The van der Waals surface area contributed by atoms with Crippen LogP contribution in [0.2, 0.25) is 0 Å². The van der Waals surface area contributed by atoms with Gasteiger partial charge in [0.1, 0.15) is 5.69 Å². The van der Waals surface area contributed by atoms with Crippen LogP contribution in [0, 0.1) is 0 Å². The molecule has 0 saturated carbocycles. The number of benzene rings is 1. The molecule has 1 amide bonds. The number of thiazole rings is 1. The number of carbonyl (C=O) groups is 3. The molecule has 128 valence electrons. The Bertz CT molecular complexity index is 945. The molecule has 3 rings (SSSR count). The monoisotopic (exact) mass is 356 g/mol. The van der Waals surface area contributed by atoms with Crippen LogP contribution < -0.4 is 11.1 Å². The lowest BCUT2D eigenvalue weighted by molar-refractivity contribution is 0.102. The van der Waals surface area contributed by atoms with Crippen LogP contribution in [0.15, 0.2) is 23.6 Å². The molecule has 8 heteroatoms. The number of aromatic nitrogens is 2. The van der Waals surface area contributed by atoms with Gasteiger partial charge in [0, 0.05) is 21.8 Å². The lowest BCUT2D eigenvalue weighted by Gasteiger charge is -2.04. The molecule has 25 heavy (non-hydrogen) atoms. The second-order valence-electron chi connectivity index (χ2n) is 5.44. The Kier molecular flexibility index (Phi) is 5.01. The standard InChI is InChI=1S/C17H16N4O3S/c18-5-1-2-12-13-6-10(3-4-14(13)20-15(12)8-23)16(24)21-17-19-11(7-22)9-25-17/h3-4,6-9,20H,1-2,5,18H2,(H,19,21,24). The van der Waals surface area contributed by atoms with E-state index in [2.05, 4.69) is 15.3 Å². The van der Waals surface area contributed by atoms with Crippen molar-refractivity contribution >= 4 is 45.9 Å². The number of hydrogen-bond donors (Lipinski definition) is 3. The lowest BCUT2D eigenvalue weighted by atomic mass is 10.0. The zero-order valence-electron chi connectivity index (χ0n) is 13.2. The number of aldehydes is 2. The molecule has 0 bridgehead atoms. The summed E-state index contributed by atoms with van der Waals surface area (Å²) < 4.78 is 0. The fourth-order valence-electron chi connectivity index (χ4n) is 2.63. The topological polar surface area (TPSA) is 118 Å². The van der Waals surface area contributed by atoms with E-state index in [1.807, 2.05) is 0 Å². The predicted molar refractivity (Wildman–Crippen MR) is 96.5 cm³/mol. The second-order valence-corrected chi connectivity index (χ2v) is 6.30. The third-order valence-electron chi connectivity index (χ3n) is 3.81. The maximum absolute atomic E-state index is 12.4. The number of anilines is 1. The van der Waals surface area contributed by atoms with E-state index < -0.39 is 0 Å². The zero-order chi connectivity index (χ0) is 17.8. The summed E-state index contributed by atoms with van der Waals surface area (Å²) in [5.41, 5.74) is 8.46. The van der Waals surface area contributed by atoms with Gasteiger partial charge in [0.25, 0.3) is 5.91 Å². The molecule has 0 saturated heterocycles. The van der Waals surface area contributed by atoms with Crippen molar-refractivity contribution in [2.75, 3.05) is 11.9 Å². The van der Waals surface area contributed by atoms with Crippen molar-refractivity contribution in [2.45, 2.75) is 12.8 Å². The number of nitrogens with two attached hydrogens (primary N) is 1. The number of aromatic amines is 1. The maximum Gasteiger partial charge on any atom is 0.257 e. The average Bonchev–Trinajstić information content (AvgIpc) is 3.23. The fraction of sp³-hybridized carbons (Fsp3) is 0.176. The molecule has 0 aliphatic heterocycles. The van der Waals surface area contributed by atoms with Crippen molar-refractivity contribution in [3.05, 3.63) is 46.1 Å². The molecule has 0 radical (unpaired) electrons. The zero-order valence-corrected chi connectivity index (χ0v) is 14.1. The molecule has 0 unspecified atom stereocenters. The number of hydrogen-bond acceptors (Lipinski definition) is 6. The molecule has 0 aliphatic carbocycles. The lowest BCUT2D eigenvalue weighted by Crippen LogP contribution is -2.11. The van der Waals surface area contributed by atoms with Crippen LogP contribution in [0.1, 0.15) is 43.3 Å². The van der Waals surface area contributed by atoms with E-state index in [9.17, 15) is 14.4 Å². The van der Waals surface area contributed by atoms with Gasteiger partial charge in [0.05, 0.1) is 5.69 Å². The summed E-state index contributed by atoms with van der Waals surface area (Å²) in [6.45, 7) is 0.522. The largest absolute Gasteiger partial charge is 0.352 e. The number of fused-ring (bicyclic) bond motifs is 1. The van der Waals surface area contributed by atoms with Crippen LogP contribution in [-0.4, -0.2) is 35.0 Å². The highest BCUT2D eigenvalue weighted by Crippen LogP contribution is 2.25. The number of carbonyl (C=O) groups excluding carboxylic acids is 3. The number of H-pyrrole nitrogens is 1. The molecule has 0 spiro atoms. The predicted octanol–water partition coefficient (Wildman–Crippen LogP) is 2.39. The summed E-state index contributed by atoms with van der Waals surface area (Å²) in [7, 11) is 0. The SMILES string of the molecule is NCCCc1c(C=O)[nH]c2ccc(C(=O)Nc3nc(C=O)cs3)cc12. The van der Waals surface area contributed by atoms with Gasteiger partial charge in [-0.1, -0.05) is 0 Å². The van der Waals surface area contributed by atoms with Crippen molar-refractivity contribution in [3.8, 4) is 0 Å². The molecular weight excluding hydrogens is 340 g/mol. The molecule has 2 heterocycles. The number of nitrogens with zero attached hydrogens (tertiary/aromatic N) is 1.